The number of aryl methyl sites for hydroxylation is 1. The molecular weight excluding hydrogens is 547 g/mol. The molecule has 0 aliphatic carbocycles. The molecule has 0 fully saturated rings. The number of anilines is 1. The van der Waals surface area contributed by atoms with Gasteiger partial charge >= 0.3 is 0 Å². The average molecular weight is 567 g/mol. The number of carbonyl (C=O) groups is 1. The zero-order valence-corrected chi connectivity index (χ0v) is 21.8. The fourth-order valence-electron chi connectivity index (χ4n) is 4.14. The first-order valence-corrected chi connectivity index (χ1v) is 13.7. The Hall–Kier alpha value is -4.62. The normalized spacial score (nSPS) is 11.5. The number of hydrogen-bond acceptors (Lipinski definition) is 8. The number of benzene rings is 3. The van der Waals surface area contributed by atoms with Crippen molar-refractivity contribution in [3.05, 3.63) is 99.3 Å². The zero-order chi connectivity index (χ0) is 27.9. The minimum atomic E-state index is -4.25. The van der Waals surface area contributed by atoms with Crippen LogP contribution in [0.15, 0.2) is 77.8 Å². The first-order chi connectivity index (χ1) is 18.5. The molecule has 0 spiro atoms. The van der Waals surface area contributed by atoms with Gasteiger partial charge < -0.3 is 10.4 Å². The molecule has 5 rings (SSSR count). The van der Waals surface area contributed by atoms with Crippen LogP contribution in [0.25, 0.3) is 22.2 Å². The van der Waals surface area contributed by atoms with Crippen LogP contribution in [0.3, 0.4) is 0 Å². The molecule has 3 aromatic carbocycles. The fraction of sp³-hybridized carbons (Fsp3) is 0.0769. The van der Waals surface area contributed by atoms with E-state index in [4.69, 9.17) is 0 Å². The van der Waals surface area contributed by atoms with Crippen molar-refractivity contribution in [1.29, 1.82) is 0 Å². The van der Waals surface area contributed by atoms with Crippen LogP contribution >= 0.6 is 11.3 Å². The summed E-state index contributed by atoms with van der Waals surface area (Å²) in [6.45, 7) is 1.83. The number of rotatable bonds is 7. The monoisotopic (exact) mass is 566 g/mol. The highest BCUT2D eigenvalue weighted by atomic mass is 32.2. The van der Waals surface area contributed by atoms with Gasteiger partial charge in [0.2, 0.25) is 5.91 Å². The average Bonchev–Trinajstić information content (AvgIpc) is 3.49. The van der Waals surface area contributed by atoms with E-state index in [2.05, 4.69) is 10.3 Å². The summed E-state index contributed by atoms with van der Waals surface area (Å²) in [5, 5.41) is 24.5. The largest absolute Gasteiger partial charge is 0.505 e. The number of para-hydroxylation sites is 1. The first kappa shape index (κ1) is 26.0. The smallest absolute Gasteiger partial charge is 0.289 e. The van der Waals surface area contributed by atoms with Gasteiger partial charge in [-0.2, -0.15) is 0 Å². The number of carbonyl (C=O) groups excluding carboxylic acids is 1. The lowest BCUT2D eigenvalue weighted by atomic mass is 10.1. The molecule has 2 heterocycles. The Morgan fingerprint density at radius 3 is 2.67 bits per heavy atom. The standard InChI is InChI=1S/C26H19FN4O6S2/c1-15-25(29-26(38-15)28-24(33)13-16-6-8-19(27)22(32)12-16)18-7-9-20-17(14-18)10-11-30(20)39(36,37)23-5-3-2-4-21(23)31(34)35/h2-12,14,32H,13H2,1H3,(H,28,29,33). The molecule has 0 bridgehead atoms. The summed E-state index contributed by atoms with van der Waals surface area (Å²) < 4.78 is 40.8. The van der Waals surface area contributed by atoms with Gasteiger partial charge in [0.25, 0.3) is 15.7 Å². The maximum Gasteiger partial charge on any atom is 0.289 e. The second-order valence-corrected chi connectivity index (χ2v) is 11.5. The highest BCUT2D eigenvalue weighted by Crippen LogP contribution is 2.34. The van der Waals surface area contributed by atoms with Crippen molar-refractivity contribution in [2.75, 3.05) is 5.32 Å². The van der Waals surface area contributed by atoms with Gasteiger partial charge in [0.1, 0.15) is 0 Å². The minimum Gasteiger partial charge on any atom is -0.505 e. The number of nitrogens with one attached hydrogen (secondary N) is 1. The number of halogens is 1. The highest BCUT2D eigenvalue weighted by Gasteiger charge is 2.28. The molecule has 0 unspecified atom stereocenters. The zero-order valence-electron chi connectivity index (χ0n) is 20.2. The Morgan fingerprint density at radius 1 is 1.15 bits per heavy atom. The first-order valence-electron chi connectivity index (χ1n) is 11.4. The molecule has 1 amide bonds. The third kappa shape index (κ3) is 4.96. The molecule has 0 radical (unpaired) electrons. The van der Waals surface area contributed by atoms with Crippen LogP contribution in [-0.4, -0.2) is 33.3 Å². The molecule has 2 aromatic heterocycles. The molecule has 0 saturated carbocycles. The Morgan fingerprint density at radius 2 is 1.92 bits per heavy atom. The van der Waals surface area contributed by atoms with E-state index in [0.717, 1.165) is 21.0 Å². The number of fused-ring (bicyclic) bond motifs is 1. The van der Waals surface area contributed by atoms with Crippen LogP contribution < -0.4 is 5.32 Å². The third-order valence-corrected chi connectivity index (χ3v) is 8.57. The van der Waals surface area contributed by atoms with E-state index >= 15 is 0 Å². The number of aromatic hydroxyl groups is 1. The van der Waals surface area contributed by atoms with E-state index in [1.54, 1.807) is 24.3 Å². The molecule has 39 heavy (non-hydrogen) atoms. The number of nitrogens with zero attached hydrogens (tertiary/aromatic N) is 3. The predicted molar refractivity (Wildman–Crippen MR) is 144 cm³/mol. The highest BCUT2D eigenvalue weighted by molar-refractivity contribution is 7.90. The molecule has 0 aliphatic rings. The van der Waals surface area contributed by atoms with E-state index in [-0.39, 0.29) is 6.42 Å². The van der Waals surface area contributed by atoms with Crippen LogP contribution in [0.1, 0.15) is 10.4 Å². The molecule has 0 atom stereocenters. The van der Waals surface area contributed by atoms with Crippen molar-refractivity contribution in [1.82, 2.24) is 8.96 Å². The van der Waals surface area contributed by atoms with Crippen LogP contribution in [0.5, 0.6) is 5.75 Å². The van der Waals surface area contributed by atoms with Crippen molar-refractivity contribution < 1.29 is 27.6 Å². The van der Waals surface area contributed by atoms with Crippen molar-refractivity contribution in [3.8, 4) is 17.0 Å². The molecule has 10 nitrogen and oxygen atoms in total. The number of nitro benzene ring substituents is 1. The molecule has 0 saturated heterocycles. The molecule has 5 aromatic rings. The Bertz CT molecular complexity index is 1880. The number of thiazole rings is 1. The number of phenolic OH excluding ortho intramolecular Hbond substituents is 1. The Balaban J connectivity index is 1.41. The summed E-state index contributed by atoms with van der Waals surface area (Å²) in [4.78, 5) is 28.0. The van der Waals surface area contributed by atoms with Gasteiger partial charge in [0, 0.05) is 28.1 Å². The maximum atomic E-state index is 13.3. The second-order valence-electron chi connectivity index (χ2n) is 8.55. The summed E-state index contributed by atoms with van der Waals surface area (Å²) >= 11 is 1.25. The Labute approximate surface area is 225 Å². The molecule has 2 N–H and O–H groups in total. The van der Waals surface area contributed by atoms with Gasteiger partial charge in [-0.15, -0.1) is 11.3 Å². The summed E-state index contributed by atoms with van der Waals surface area (Å²) in [6.07, 6.45) is 1.25. The fourth-order valence-corrected chi connectivity index (χ4v) is 6.51. The SMILES string of the molecule is Cc1sc(NC(=O)Cc2ccc(F)c(O)c2)nc1-c1ccc2c(ccn2S(=O)(=O)c2ccccc2[N+](=O)[O-])c1. The number of amides is 1. The van der Waals surface area contributed by atoms with Crippen LogP contribution in [0.2, 0.25) is 0 Å². The lowest BCUT2D eigenvalue weighted by Crippen LogP contribution is -2.14. The number of phenols is 1. The lowest BCUT2D eigenvalue weighted by Gasteiger charge is -2.08. The maximum absolute atomic E-state index is 13.3. The van der Waals surface area contributed by atoms with E-state index in [0.29, 0.717) is 32.9 Å². The lowest BCUT2D eigenvalue weighted by molar-refractivity contribution is -0.387. The minimum absolute atomic E-state index is 0.0880. The van der Waals surface area contributed by atoms with E-state index < -0.39 is 43.0 Å². The predicted octanol–water partition coefficient (Wildman–Crippen LogP) is 5.24. The second kappa shape index (κ2) is 9.93. The van der Waals surface area contributed by atoms with Gasteiger partial charge in [-0.25, -0.2) is 21.8 Å². The van der Waals surface area contributed by atoms with E-state index in [1.165, 1.54) is 47.9 Å². The molecule has 13 heteroatoms. The van der Waals surface area contributed by atoms with Crippen molar-refractivity contribution >= 4 is 49.0 Å². The van der Waals surface area contributed by atoms with Gasteiger partial charge in [-0.1, -0.05) is 24.3 Å². The number of aromatic nitrogens is 2. The van der Waals surface area contributed by atoms with Gasteiger partial charge in [-0.05, 0) is 48.9 Å². The van der Waals surface area contributed by atoms with Crippen LogP contribution in [-0.2, 0) is 21.2 Å². The van der Waals surface area contributed by atoms with E-state index in [9.17, 15) is 32.8 Å². The molecule has 0 aliphatic heterocycles. The van der Waals surface area contributed by atoms with Crippen LogP contribution in [0.4, 0.5) is 15.2 Å². The number of hydrogen-bond donors (Lipinski definition) is 2. The number of nitro groups is 1. The molecule has 198 valence electrons. The third-order valence-electron chi connectivity index (χ3n) is 5.94. The summed E-state index contributed by atoms with van der Waals surface area (Å²) in [5.41, 5.74) is 1.53. The van der Waals surface area contributed by atoms with Crippen molar-refractivity contribution in [2.24, 2.45) is 0 Å². The van der Waals surface area contributed by atoms with E-state index in [1.807, 2.05) is 6.92 Å². The van der Waals surface area contributed by atoms with Gasteiger partial charge in [0.05, 0.1) is 22.6 Å². The topological polar surface area (TPSA) is 144 Å². The Kier molecular flexibility index (Phi) is 6.62. The van der Waals surface area contributed by atoms with Crippen molar-refractivity contribution in [3.63, 3.8) is 0 Å². The van der Waals surface area contributed by atoms with Gasteiger partial charge in [-0.3, -0.25) is 14.9 Å². The van der Waals surface area contributed by atoms with Crippen LogP contribution in [0, 0.1) is 22.9 Å². The summed E-state index contributed by atoms with van der Waals surface area (Å²) in [6, 6.07) is 15.4. The molecular formula is C26H19FN4O6S2. The van der Waals surface area contributed by atoms with Gasteiger partial charge in [0.15, 0.2) is 21.6 Å². The quantitative estimate of drug-likeness (QED) is 0.202. The summed E-state index contributed by atoms with van der Waals surface area (Å²) in [7, 11) is -4.25. The van der Waals surface area contributed by atoms with Crippen molar-refractivity contribution in [2.45, 2.75) is 18.2 Å². The summed E-state index contributed by atoms with van der Waals surface area (Å²) in [5.74, 6) is -1.70.